The van der Waals surface area contributed by atoms with Crippen LogP contribution in [0.4, 0.5) is 5.69 Å². The Labute approximate surface area is 144 Å². The van der Waals surface area contributed by atoms with Crippen molar-refractivity contribution in [2.45, 2.75) is 25.9 Å². The van der Waals surface area contributed by atoms with E-state index in [9.17, 15) is 4.79 Å². The van der Waals surface area contributed by atoms with E-state index in [1.54, 1.807) is 0 Å². The molecule has 24 heavy (non-hydrogen) atoms. The Morgan fingerprint density at radius 1 is 1.33 bits per heavy atom. The number of benzene rings is 2. The normalized spacial score (nSPS) is 16.0. The lowest BCUT2D eigenvalue weighted by atomic mass is 10.1. The number of fused-ring (bicyclic) bond motifs is 2. The molecular weight excluding hydrogens is 324 g/mol. The van der Waals surface area contributed by atoms with Crippen LogP contribution in [0.3, 0.4) is 0 Å². The maximum atomic E-state index is 12.4. The Kier molecular flexibility index (Phi) is 3.65. The number of nitrogens with one attached hydrogen (secondary N) is 3. The van der Waals surface area contributed by atoms with Gasteiger partial charge >= 0.3 is 0 Å². The summed E-state index contributed by atoms with van der Waals surface area (Å²) >= 11 is 6.00. The summed E-state index contributed by atoms with van der Waals surface area (Å²) in [4.78, 5) is 20.1. The highest BCUT2D eigenvalue weighted by atomic mass is 35.5. The van der Waals surface area contributed by atoms with E-state index in [2.05, 4.69) is 20.6 Å². The van der Waals surface area contributed by atoms with Gasteiger partial charge in [-0.15, -0.1) is 0 Å². The average Bonchev–Trinajstić information content (AvgIpc) is 3.15. The minimum atomic E-state index is -0.273. The number of nitrogens with zero attached hydrogens (tertiary/aromatic N) is 1. The van der Waals surface area contributed by atoms with Gasteiger partial charge in [0.2, 0.25) is 5.91 Å². The molecule has 2 heterocycles. The molecule has 0 aliphatic carbocycles. The van der Waals surface area contributed by atoms with Crippen molar-refractivity contribution < 1.29 is 4.79 Å². The van der Waals surface area contributed by atoms with Gasteiger partial charge in [-0.25, -0.2) is 4.98 Å². The lowest BCUT2D eigenvalue weighted by molar-refractivity contribution is -0.121. The topological polar surface area (TPSA) is 69.8 Å². The summed E-state index contributed by atoms with van der Waals surface area (Å²) in [5, 5.41) is 6.86. The molecule has 5 nitrogen and oxygen atoms in total. The van der Waals surface area contributed by atoms with E-state index >= 15 is 0 Å². The third-order valence-electron chi connectivity index (χ3n) is 4.25. The zero-order valence-corrected chi connectivity index (χ0v) is 13.9. The van der Waals surface area contributed by atoms with E-state index in [1.165, 1.54) is 5.56 Å². The van der Waals surface area contributed by atoms with Crippen LogP contribution in [0.25, 0.3) is 11.0 Å². The molecule has 1 aliphatic rings. The average molecular weight is 341 g/mol. The Hall–Kier alpha value is -2.53. The van der Waals surface area contributed by atoms with Gasteiger partial charge in [-0.05, 0) is 48.4 Å². The number of imidazole rings is 1. The van der Waals surface area contributed by atoms with E-state index in [0.717, 1.165) is 28.1 Å². The highest BCUT2D eigenvalue weighted by Crippen LogP contribution is 2.28. The number of aromatic amines is 1. The van der Waals surface area contributed by atoms with Crippen LogP contribution in [0, 0.1) is 6.92 Å². The molecule has 0 saturated heterocycles. The van der Waals surface area contributed by atoms with Gasteiger partial charge in [0.25, 0.3) is 0 Å². The van der Waals surface area contributed by atoms with Gasteiger partial charge in [0.1, 0.15) is 11.9 Å². The summed E-state index contributed by atoms with van der Waals surface area (Å²) in [6, 6.07) is 11.4. The van der Waals surface area contributed by atoms with Crippen LogP contribution < -0.4 is 10.6 Å². The molecule has 1 unspecified atom stereocenters. The number of carbonyl (C=O) groups is 1. The fraction of sp³-hybridized carbons (Fsp3) is 0.222. The number of hydrogen-bond acceptors (Lipinski definition) is 3. The molecule has 0 saturated carbocycles. The first kappa shape index (κ1) is 15.0. The molecule has 3 aromatic rings. The van der Waals surface area contributed by atoms with Crippen molar-refractivity contribution in [2.75, 3.05) is 5.32 Å². The number of carbonyl (C=O) groups excluding carboxylic acids is 1. The highest BCUT2D eigenvalue weighted by Gasteiger charge is 2.26. The van der Waals surface area contributed by atoms with Crippen LogP contribution in [0.5, 0.6) is 0 Å². The molecular formula is C18H17ClN4O. The van der Waals surface area contributed by atoms with Crippen molar-refractivity contribution >= 4 is 34.2 Å². The molecule has 0 bridgehead atoms. The van der Waals surface area contributed by atoms with Crippen LogP contribution in [-0.4, -0.2) is 21.9 Å². The molecule has 2 aromatic carbocycles. The molecule has 3 N–H and O–H groups in total. The zero-order valence-electron chi connectivity index (χ0n) is 13.2. The summed E-state index contributed by atoms with van der Waals surface area (Å²) in [7, 11) is 0. The summed E-state index contributed by atoms with van der Waals surface area (Å²) in [6.45, 7) is 2.42. The molecule has 1 aromatic heterocycles. The zero-order chi connectivity index (χ0) is 16.7. The molecule has 122 valence electrons. The Morgan fingerprint density at radius 3 is 3.08 bits per heavy atom. The van der Waals surface area contributed by atoms with Gasteiger partial charge in [0.15, 0.2) is 0 Å². The second-order valence-electron chi connectivity index (χ2n) is 6.12. The van der Waals surface area contributed by atoms with E-state index in [0.29, 0.717) is 18.0 Å². The number of aromatic nitrogens is 2. The second-order valence-corrected chi connectivity index (χ2v) is 6.56. The molecule has 1 aliphatic heterocycles. The molecule has 0 spiro atoms. The van der Waals surface area contributed by atoms with Crippen LogP contribution in [0.2, 0.25) is 5.02 Å². The monoisotopic (exact) mass is 340 g/mol. The largest absolute Gasteiger partial charge is 0.373 e. The SMILES string of the molecule is Cc1ccc2nc(CNC(=O)C3Cc4cc(Cl)ccc4N3)[nH]c2c1. The Bertz CT molecular complexity index is 934. The number of hydrogen-bond donors (Lipinski definition) is 3. The maximum absolute atomic E-state index is 12.4. The van der Waals surface area contributed by atoms with Crippen LogP contribution >= 0.6 is 11.6 Å². The maximum Gasteiger partial charge on any atom is 0.243 e. The number of halogens is 1. The highest BCUT2D eigenvalue weighted by molar-refractivity contribution is 6.30. The third kappa shape index (κ3) is 2.83. The summed E-state index contributed by atoms with van der Waals surface area (Å²) < 4.78 is 0. The number of H-pyrrole nitrogens is 1. The van der Waals surface area contributed by atoms with Gasteiger partial charge in [0.05, 0.1) is 17.6 Å². The van der Waals surface area contributed by atoms with Gasteiger partial charge in [0, 0.05) is 17.1 Å². The molecule has 0 radical (unpaired) electrons. The Balaban J connectivity index is 1.41. The van der Waals surface area contributed by atoms with Crippen molar-refractivity contribution in [3.8, 4) is 0 Å². The molecule has 1 amide bonds. The first-order valence-electron chi connectivity index (χ1n) is 7.86. The molecule has 4 rings (SSSR count). The third-order valence-corrected chi connectivity index (χ3v) is 4.49. The molecule has 1 atom stereocenters. The number of anilines is 1. The Morgan fingerprint density at radius 2 is 2.21 bits per heavy atom. The van der Waals surface area contributed by atoms with Gasteiger partial charge in [-0.1, -0.05) is 17.7 Å². The van der Waals surface area contributed by atoms with Crippen molar-refractivity contribution in [1.29, 1.82) is 0 Å². The van der Waals surface area contributed by atoms with Gasteiger partial charge < -0.3 is 15.6 Å². The van der Waals surface area contributed by atoms with E-state index in [-0.39, 0.29) is 11.9 Å². The quantitative estimate of drug-likeness (QED) is 0.686. The smallest absolute Gasteiger partial charge is 0.243 e. The molecule has 0 fully saturated rings. The van der Waals surface area contributed by atoms with Crippen molar-refractivity contribution in [2.24, 2.45) is 0 Å². The van der Waals surface area contributed by atoms with Crippen LogP contribution in [0.1, 0.15) is 17.0 Å². The second kappa shape index (κ2) is 5.83. The predicted octanol–water partition coefficient (Wildman–Crippen LogP) is 3.18. The van der Waals surface area contributed by atoms with Gasteiger partial charge in [-0.3, -0.25) is 4.79 Å². The predicted molar refractivity (Wildman–Crippen MR) is 95.2 cm³/mol. The standard InChI is InChI=1S/C18H17ClN4O/c1-10-2-4-14-15(6-10)23-17(22-14)9-20-18(24)16-8-11-7-12(19)3-5-13(11)21-16/h2-7,16,21H,8-9H2,1H3,(H,20,24)(H,22,23). The van der Waals surface area contributed by atoms with E-state index in [1.807, 2.05) is 43.3 Å². The minimum Gasteiger partial charge on any atom is -0.373 e. The number of aryl methyl sites for hydroxylation is 1. The van der Waals surface area contributed by atoms with Crippen molar-refractivity contribution in [1.82, 2.24) is 15.3 Å². The summed E-state index contributed by atoms with van der Waals surface area (Å²) in [5.41, 5.74) is 5.11. The first-order valence-corrected chi connectivity index (χ1v) is 8.24. The van der Waals surface area contributed by atoms with Crippen LogP contribution in [0.15, 0.2) is 36.4 Å². The first-order chi connectivity index (χ1) is 11.6. The summed E-state index contributed by atoms with van der Waals surface area (Å²) in [6.07, 6.45) is 0.640. The number of amides is 1. The fourth-order valence-electron chi connectivity index (χ4n) is 3.04. The summed E-state index contributed by atoms with van der Waals surface area (Å²) in [5.74, 6) is 0.710. The minimum absolute atomic E-state index is 0.0426. The van der Waals surface area contributed by atoms with Crippen LogP contribution in [-0.2, 0) is 17.8 Å². The lowest BCUT2D eigenvalue weighted by Gasteiger charge is -2.10. The van der Waals surface area contributed by atoms with Gasteiger partial charge in [-0.2, -0.15) is 0 Å². The fourth-order valence-corrected chi connectivity index (χ4v) is 3.24. The molecule has 6 heteroatoms. The van der Waals surface area contributed by atoms with E-state index in [4.69, 9.17) is 11.6 Å². The lowest BCUT2D eigenvalue weighted by Crippen LogP contribution is -2.38. The van der Waals surface area contributed by atoms with Crippen molar-refractivity contribution in [3.05, 3.63) is 58.4 Å². The van der Waals surface area contributed by atoms with Crippen molar-refractivity contribution in [3.63, 3.8) is 0 Å². The van der Waals surface area contributed by atoms with E-state index < -0.39 is 0 Å². The number of rotatable bonds is 3.